The number of hydrogen-bond acceptors (Lipinski definition) is 2. The molecule has 0 unspecified atom stereocenters. The molecule has 0 saturated carbocycles. The van der Waals surface area contributed by atoms with Crippen LogP contribution >= 0.6 is 11.6 Å². The maximum Gasteiger partial charge on any atom is 0.263 e. The first-order valence-corrected chi connectivity index (χ1v) is 8.03. The number of carbonyl (C=O) groups is 1. The van der Waals surface area contributed by atoms with E-state index in [1.165, 1.54) is 6.42 Å². The second kappa shape index (κ2) is 6.69. The molecular formula is C17H24ClNO2. The van der Waals surface area contributed by atoms with Crippen molar-refractivity contribution in [2.45, 2.75) is 65.1 Å². The van der Waals surface area contributed by atoms with Crippen molar-refractivity contribution in [1.82, 2.24) is 4.90 Å². The highest BCUT2D eigenvalue weighted by molar-refractivity contribution is 6.30. The average molecular weight is 310 g/mol. The van der Waals surface area contributed by atoms with Gasteiger partial charge in [0.1, 0.15) is 5.75 Å². The van der Waals surface area contributed by atoms with Crippen molar-refractivity contribution in [2.75, 3.05) is 0 Å². The van der Waals surface area contributed by atoms with E-state index in [0.717, 1.165) is 24.2 Å². The Balaban J connectivity index is 2.08. The molecule has 116 valence electrons. The van der Waals surface area contributed by atoms with Crippen LogP contribution < -0.4 is 4.74 Å². The van der Waals surface area contributed by atoms with Crippen LogP contribution in [0.15, 0.2) is 18.2 Å². The zero-order valence-electron chi connectivity index (χ0n) is 13.2. The molecule has 4 heteroatoms. The predicted molar refractivity (Wildman–Crippen MR) is 85.9 cm³/mol. The van der Waals surface area contributed by atoms with Gasteiger partial charge in [-0.05, 0) is 70.7 Å². The number of nitrogens with zero attached hydrogens (tertiary/aromatic N) is 1. The molecule has 2 rings (SSSR count). The summed E-state index contributed by atoms with van der Waals surface area (Å²) in [5, 5.41) is 0.678. The number of likely N-dealkylation sites (tertiary alicyclic amines) is 1. The fraction of sp³-hybridized carbons (Fsp3) is 0.588. The molecular weight excluding hydrogens is 286 g/mol. The van der Waals surface area contributed by atoms with Crippen molar-refractivity contribution in [2.24, 2.45) is 0 Å². The van der Waals surface area contributed by atoms with Crippen LogP contribution in [-0.2, 0) is 4.79 Å². The molecule has 0 spiro atoms. The Labute approximate surface area is 132 Å². The van der Waals surface area contributed by atoms with Gasteiger partial charge < -0.3 is 9.64 Å². The van der Waals surface area contributed by atoms with Crippen molar-refractivity contribution in [3.8, 4) is 5.75 Å². The third-order valence-electron chi connectivity index (χ3n) is 4.24. The summed E-state index contributed by atoms with van der Waals surface area (Å²) >= 11 is 5.95. The fourth-order valence-corrected chi connectivity index (χ4v) is 3.28. The molecule has 0 aliphatic carbocycles. The minimum absolute atomic E-state index is 0.0732. The SMILES string of the molecule is Cc1cc(Cl)ccc1O[C@@H](C)C(=O)N1[C@H](C)CCC[C@@H]1C. The van der Waals surface area contributed by atoms with Crippen LogP contribution in [0.25, 0.3) is 0 Å². The lowest BCUT2D eigenvalue weighted by Crippen LogP contribution is -2.51. The maximum atomic E-state index is 12.7. The van der Waals surface area contributed by atoms with Crippen molar-refractivity contribution in [3.63, 3.8) is 0 Å². The summed E-state index contributed by atoms with van der Waals surface area (Å²) in [6.45, 7) is 8.00. The summed E-state index contributed by atoms with van der Waals surface area (Å²) in [4.78, 5) is 14.7. The number of rotatable bonds is 3. The fourth-order valence-electron chi connectivity index (χ4n) is 3.05. The Kier molecular flexibility index (Phi) is 5.15. The van der Waals surface area contributed by atoms with Gasteiger partial charge in [0.15, 0.2) is 6.10 Å². The van der Waals surface area contributed by atoms with Crippen LogP contribution in [0.3, 0.4) is 0 Å². The highest BCUT2D eigenvalue weighted by Crippen LogP contribution is 2.26. The van der Waals surface area contributed by atoms with Crippen molar-refractivity contribution in [3.05, 3.63) is 28.8 Å². The van der Waals surface area contributed by atoms with Gasteiger partial charge in [-0.3, -0.25) is 4.79 Å². The summed E-state index contributed by atoms with van der Waals surface area (Å²) in [6.07, 6.45) is 2.86. The van der Waals surface area contributed by atoms with Gasteiger partial charge in [0, 0.05) is 17.1 Å². The summed E-state index contributed by atoms with van der Waals surface area (Å²) in [6, 6.07) is 6.04. The van der Waals surface area contributed by atoms with Gasteiger partial charge in [-0.2, -0.15) is 0 Å². The van der Waals surface area contributed by atoms with Crippen molar-refractivity contribution >= 4 is 17.5 Å². The molecule has 1 aromatic rings. The molecule has 21 heavy (non-hydrogen) atoms. The largest absolute Gasteiger partial charge is 0.481 e. The van der Waals surface area contributed by atoms with Gasteiger partial charge >= 0.3 is 0 Å². The Hall–Kier alpha value is -1.22. The Morgan fingerprint density at radius 2 is 1.95 bits per heavy atom. The number of piperidine rings is 1. The zero-order valence-corrected chi connectivity index (χ0v) is 14.0. The van der Waals surface area contributed by atoms with Crippen LogP contribution in [0.4, 0.5) is 0 Å². The summed E-state index contributed by atoms with van der Waals surface area (Å²) in [5.74, 6) is 0.793. The second-order valence-electron chi connectivity index (χ2n) is 6.04. The third kappa shape index (κ3) is 3.70. The molecule has 0 aromatic heterocycles. The normalized spacial score (nSPS) is 23.8. The standard InChI is InChI=1S/C17H24ClNO2/c1-11-10-15(18)8-9-16(11)21-14(4)17(20)19-12(2)6-5-7-13(19)3/h8-10,12-14H,5-7H2,1-4H3/t12-,13+,14-/m0/s1. The first-order valence-electron chi connectivity index (χ1n) is 7.65. The van der Waals surface area contributed by atoms with Gasteiger partial charge in [-0.15, -0.1) is 0 Å². The topological polar surface area (TPSA) is 29.5 Å². The number of halogens is 1. The smallest absolute Gasteiger partial charge is 0.263 e. The second-order valence-corrected chi connectivity index (χ2v) is 6.48. The van der Waals surface area contributed by atoms with E-state index in [0.29, 0.717) is 17.1 Å². The maximum absolute atomic E-state index is 12.7. The van der Waals surface area contributed by atoms with Crippen LogP contribution in [0.1, 0.15) is 45.6 Å². The van der Waals surface area contributed by atoms with Gasteiger partial charge in [0.2, 0.25) is 0 Å². The third-order valence-corrected chi connectivity index (χ3v) is 4.47. The summed E-state index contributed by atoms with van der Waals surface area (Å²) in [7, 11) is 0. The van der Waals surface area contributed by atoms with E-state index in [1.807, 2.05) is 30.9 Å². The van der Waals surface area contributed by atoms with E-state index >= 15 is 0 Å². The summed E-state index contributed by atoms with van der Waals surface area (Å²) in [5.41, 5.74) is 0.946. The molecule has 1 saturated heterocycles. The molecule has 3 atom stereocenters. The lowest BCUT2D eigenvalue weighted by molar-refractivity contribution is -0.144. The molecule has 1 aromatic carbocycles. The highest BCUT2D eigenvalue weighted by atomic mass is 35.5. The predicted octanol–water partition coefficient (Wildman–Crippen LogP) is 4.21. The van der Waals surface area contributed by atoms with Gasteiger partial charge in [0.05, 0.1) is 0 Å². The van der Waals surface area contributed by atoms with Crippen LogP contribution in [0.2, 0.25) is 5.02 Å². The minimum atomic E-state index is -0.479. The monoisotopic (exact) mass is 309 g/mol. The molecule has 0 bridgehead atoms. The van der Waals surface area contributed by atoms with Crippen LogP contribution in [-0.4, -0.2) is 29.0 Å². The summed E-state index contributed by atoms with van der Waals surface area (Å²) < 4.78 is 5.86. The number of hydrogen-bond donors (Lipinski definition) is 0. The molecule has 3 nitrogen and oxygen atoms in total. The molecule has 1 heterocycles. The van der Waals surface area contributed by atoms with E-state index in [1.54, 1.807) is 6.07 Å². The van der Waals surface area contributed by atoms with E-state index in [4.69, 9.17) is 16.3 Å². The van der Waals surface area contributed by atoms with Gasteiger partial charge in [-0.25, -0.2) is 0 Å². The first-order chi connectivity index (χ1) is 9.90. The minimum Gasteiger partial charge on any atom is -0.481 e. The zero-order chi connectivity index (χ0) is 15.6. The molecule has 1 amide bonds. The van der Waals surface area contributed by atoms with E-state index in [-0.39, 0.29) is 5.91 Å². The van der Waals surface area contributed by atoms with Crippen molar-refractivity contribution < 1.29 is 9.53 Å². The Morgan fingerprint density at radius 3 is 2.52 bits per heavy atom. The van der Waals surface area contributed by atoms with Crippen LogP contribution in [0.5, 0.6) is 5.75 Å². The lowest BCUT2D eigenvalue weighted by atomic mass is 9.97. The quantitative estimate of drug-likeness (QED) is 0.837. The molecule has 1 aliphatic rings. The average Bonchev–Trinajstić information content (AvgIpc) is 2.41. The van der Waals surface area contributed by atoms with E-state index in [9.17, 15) is 4.79 Å². The Bertz CT molecular complexity index is 508. The van der Waals surface area contributed by atoms with Crippen molar-refractivity contribution in [1.29, 1.82) is 0 Å². The molecule has 1 fully saturated rings. The van der Waals surface area contributed by atoms with Gasteiger partial charge in [0.25, 0.3) is 5.91 Å². The number of benzene rings is 1. The number of ether oxygens (including phenoxy) is 1. The Morgan fingerprint density at radius 1 is 1.33 bits per heavy atom. The molecule has 0 radical (unpaired) electrons. The highest BCUT2D eigenvalue weighted by Gasteiger charge is 2.32. The number of aryl methyl sites for hydroxylation is 1. The molecule has 0 N–H and O–H groups in total. The van der Waals surface area contributed by atoms with E-state index < -0.39 is 6.10 Å². The number of carbonyl (C=O) groups excluding carboxylic acids is 1. The lowest BCUT2D eigenvalue weighted by Gasteiger charge is -2.40. The van der Waals surface area contributed by atoms with Crippen LogP contribution in [0, 0.1) is 6.92 Å². The molecule has 1 aliphatic heterocycles. The number of amides is 1. The van der Waals surface area contributed by atoms with E-state index in [2.05, 4.69) is 13.8 Å². The first kappa shape index (κ1) is 16.2. The van der Waals surface area contributed by atoms with Gasteiger partial charge in [-0.1, -0.05) is 11.6 Å².